The van der Waals surface area contributed by atoms with Crippen molar-refractivity contribution in [2.75, 3.05) is 5.32 Å². The summed E-state index contributed by atoms with van der Waals surface area (Å²) < 4.78 is 6.46. The Balaban J connectivity index is 1.60. The van der Waals surface area contributed by atoms with Gasteiger partial charge in [-0.15, -0.1) is 5.10 Å². The number of carboxylic acid groups (broad SMARTS) is 3. The number of anilines is 1. The molecule has 2 heterocycles. The van der Waals surface area contributed by atoms with Crippen molar-refractivity contribution in [2.24, 2.45) is 5.92 Å². The molecule has 1 aromatic carbocycles. The molecule has 46 heavy (non-hydrogen) atoms. The van der Waals surface area contributed by atoms with Crippen LogP contribution >= 0.6 is 0 Å². The minimum absolute atomic E-state index is 0.000923. The van der Waals surface area contributed by atoms with Gasteiger partial charge >= 0.3 is 23.5 Å². The first kappa shape index (κ1) is 33.8. The molecule has 0 aliphatic heterocycles. The molecule has 2 amide bonds. The van der Waals surface area contributed by atoms with E-state index in [-0.39, 0.29) is 47.9 Å². The number of nitrogens with zero attached hydrogens (tertiary/aromatic N) is 3. The summed E-state index contributed by atoms with van der Waals surface area (Å²) in [6.45, 7) is 3.41. The van der Waals surface area contributed by atoms with Crippen LogP contribution in [-0.2, 0) is 35.9 Å². The molecule has 0 spiro atoms. The van der Waals surface area contributed by atoms with Crippen molar-refractivity contribution in [2.45, 2.75) is 89.6 Å². The second-order valence-corrected chi connectivity index (χ2v) is 11.8. The van der Waals surface area contributed by atoms with Gasteiger partial charge in [0.1, 0.15) is 17.3 Å². The zero-order valence-corrected chi connectivity index (χ0v) is 25.6. The lowest BCUT2D eigenvalue weighted by molar-refractivity contribution is -0.140. The molecule has 5 N–H and O–H groups in total. The number of rotatable bonds is 14. The number of nitrogens with one attached hydrogen (secondary N) is 2. The third-order valence-corrected chi connectivity index (χ3v) is 8.53. The fourth-order valence-electron chi connectivity index (χ4n) is 6.00. The zero-order valence-electron chi connectivity index (χ0n) is 25.6. The molecule has 1 fully saturated rings. The molecular formula is C31H37N5O10. The SMILES string of the molecule is Cc1c(CC(=O)O)c(=O)oc2cc(NC(=O)C(CC(=O)O)n3cc(C(C)(NC(=O)CCCC(=O)O)C4CCCCC4)nn3)ccc12. The molecule has 2 unspecified atom stereocenters. The van der Waals surface area contributed by atoms with Gasteiger partial charge in [-0.2, -0.15) is 0 Å². The number of aryl methyl sites for hydroxylation is 1. The Hall–Kier alpha value is -5.08. The lowest BCUT2D eigenvalue weighted by Crippen LogP contribution is -2.50. The maximum absolute atomic E-state index is 13.5. The average molecular weight is 640 g/mol. The molecule has 3 aromatic rings. The van der Waals surface area contributed by atoms with Gasteiger partial charge in [0, 0.05) is 30.0 Å². The summed E-state index contributed by atoms with van der Waals surface area (Å²) in [7, 11) is 0. The highest BCUT2D eigenvalue weighted by Crippen LogP contribution is 2.39. The molecule has 1 aliphatic rings. The Kier molecular flexibility index (Phi) is 10.5. The van der Waals surface area contributed by atoms with Gasteiger partial charge in [-0.25, -0.2) is 9.48 Å². The highest BCUT2D eigenvalue weighted by Gasteiger charge is 2.41. The minimum Gasteiger partial charge on any atom is -0.481 e. The number of benzene rings is 1. The van der Waals surface area contributed by atoms with E-state index in [4.69, 9.17) is 14.6 Å². The van der Waals surface area contributed by atoms with Crippen LogP contribution in [0.15, 0.2) is 33.6 Å². The largest absolute Gasteiger partial charge is 0.481 e. The second kappa shape index (κ2) is 14.3. The predicted molar refractivity (Wildman–Crippen MR) is 162 cm³/mol. The number of carboxylic acids is 3. The molecule has 1 saturated carbocycles. The van der Waals surface area contributed by atoms with Crippen molar-refractivity contribution in [1.82, 2.24) is 20.3 Å². The molecule has 15 heteroatoms. The topological polar surface area (TPSA) is 231 Å². The highest BCUT2D eigenvalue weighted by atomic mass is 16.4. The molecule has 15 nitrogen and oxygen atoms in total. The quantitative estimate of drug-likeness (QED) is 0.160. The van der Waals surface area contributed by atoms with Gasteiger partial charge < -0.3 is 30.4 Å². The Bertz CT molecular complexity index is 1710. The first-order valence-electron chi connectivity index (χ1n) is 15.0. The summed E-state index contributed by atoms with van der Waals surface area (Å²) in [6.07, 6.45) is 4.85. The summed E-state index contributed by atoms with van der Waals surface area (Å²) in [6, 6.07) is 3.12. The molecule has 2 aromatic heterocycles. The van der Waals surface area contributed by atoms with Crippen LogP contribution in [0.3, 0.4) is 0 Å². The molecule has 0 bridgehead atoms. The number of hydrogen-bond donors (Lipinski definition) is 5. The van der Waals surface area contributed by atoms with E-state index in [1.54, 1.807) is 13.0 Å². The van der Waals surface area contributed by atoms with Crippen LogP contribution in [0.4, 0.5) is 5.69 Å². The third kappa shape index (κ3) is 7.95. The summed E-state index contributed by atoms with van der Waals surface area (Å²) in [5, 5.41) is 42.2. The average Bonchev–Trinajstić information content (AvgIpc) is 3.49. The van der Waals surface area contributed by atoms with E-state index in [1.165, 1.54) is 18.3 Å². The smallest absolute Gasteiger partial charge is 0.340 e. The van der Waals surface area contributed by atoms with Crippen LogP contribution in [0, 0.1) is 12.8 Å². The van der Waals surface area contributed by atoms with Crippen LogP contribution in [0.25, 0.3) is 11.0 Å². The van der Waals surface area contributed by atoms with Crippen LogP contribution in [0.1, 0.15) is 87.6 Å². The molecular weight excluding hydrogens is 602 g/mol. The van der Waals surface area contributed by atoms with Crippen molar-refractivity contribution < 1.29 is 43.7 Å². The molecule has 2 atom stereocenters. The Morgan fingerprint density at radius 3 is 2.41 bits per heavy atom. The number of carbonyl (C=O) groups excluding carboxylic acids is 2. The van der Waals surface area contributed by atoms with Crippen LogP contribution in [-0.4, -0.2) is 60.0 Å². The van der Waals surface area contributed by atoms with Gasteiger partial charge in [0.25, 0.3) is 0 Å². The van der Waals surface area contributed by atoms with E-state index in [2.05, 4.69) is 20.9 Å². The maximum atomic E-state index is 13.5. The zero-order chi connectivity index (χ0) is 33.6. The first-order valence-corrected chi connectivity index (χ1v) is 15.0. The van der Waals surface area contributed by atoms with Crippen LogP contribution < -0.4 is 16.3 Å². The summed E-state index contributed by atoms with van der Waals surface area (Å²) >= 11 is 0. The Morgan fingerprint density at radius 2 is 1.76 bits per heavy atom. The van der Waals surface area contributed by atoms with E-state index in [1.807, 2.05) is 6.92 Å². The Labute approximate surface area is 263 Å². The van der Waals surface area contributed by atoms with E-state index in [0.29, 0.717) is 16.6 Å². The van der Waals surface area contributed by atoms with E-state index < -0.39 is 53.9 Å². The molecule has 4 rings (SSSR count). The molecule has 246 valence electrons. The monoisotopic (exact) mass is 639 g/mol. The van der Waals surface area contributed by atoms with Crippen molar-refractivity contribution in [3.63, 3.8) is 0 Å². The van der Waals surface area contributed by atoms with Crippen molar-refractivity contribution in [1.29, 1.82) is 0 Å². The van der Waals surface area contributed by atoms with E-state index in [0.717, 1.165) is 36.8 Å². The number of amides is 2. The van der Waals surface area contributed by atoms with Crippen molar-refractivity contribution in [3.05, 3.63) is 51.6 Å². The number of carbonyl (C=O) groups is 5. The molecule has 0 saturated heterocycles. The number of aliphatic carboxylic acids is 3. The second-order valence-electron chi connectivity index (χ2n) is 11.8. The van der Waals surface area contributed by atoms with Gasteiger partial charge in [0.05, 0.1) is 30.1 Å². The third-order valence-electron chi connectivity index (χ3n) is 8.53. The van der Waals surface area contributed by atoms with Gasteiger partial charge in [-0.05, 0) is 56.7 Å². The Morgan fingerprint density at radius 1 is 1.04 bits per heavy atom. The van der Waals surface area contributed by atoms with Crippen molar-refractivity contribution >= 4 is 46.4 Å². The van der Waals surface area contributed by atoms with Crippen LogP contribution in [0.5, 0.6) is 0 Å². The van der Waals surface area contributed by atoms with E-state index in [9.17, 15) is 33.9 Å². The van der Waals surface area contributed by atoms with Gasteiger partial charge in [0.15, 0.2) is 0 Å². The van der Waals surface area contributed by atoms with Crippen molar-refractivity contribution in [3.8, 4) is 0 Å². The van der Waals surface area contributed by atoms with Gasteiger partial charge in [0.2, 0.25) is 11.8 Å². The lowest BCUT2D eigenvalue weighted by atomic mass is 9.74. The maximum Gasteiger partial charge on any atom is 0.340 e. The van der Waals surface area contributed by atoms with Crippen LogP contribution in [0.2, 0.25) is 0 Å². The summed E-state index contributed by atoms with van der Waals surface area (Å²) in [4.78, 5) is 72.7. The standard InChI is InChI=1S/C31H37N5O10/c1-17-20-12-11-19(13-23(20)46-30(45)21(17)14-27(40)41)32-29(44)22(15-28(42)43)36-16-24(34-35-36)31(2,18-7-4-3-5-8-18)33-25(37)9-6-10-26(38)39/h11-13,16,18,22H,3-10,14-15H2,1-2H3,(H,32,44)(H,33,37)(H,38,39)(H,40,41)(H,42,43). The fourth-order valence-corrected chi connectivity index (χ4v) is 6.00. The highest BCUT2D eigenvalue weighted by molar-refractivity contribution is 5.97. The lowest BCUT2D eigenvalue weighted by Gasteiger charge is -2.39. The van der Waals surface area contributed by atoms with E-state index >= 15 is 0 Å². The molecule has 1 aliphatic carbocycles. The number of aromatic nitrogens is 3. The predicted octanol–water partition coefficient (Wildman–Crippen LogP) is 3.14. The first-order chi connectivity index (χ1) is 21.8. The fraction of sp³-hybridized carbons (Fsp3) is 0.484. The van der Waals surface area contributed by atoms with Gasteiger partial charge in [-0.1, -0.05) is 24.5 Å². The molecule has 0 radical (unpaired) electrons. The number of fused-ring (bicyclic) bond motifs is 1. The normalized spacial score (nSPS) is 15.5. The summed E-state index contributed by atoms with van der Waals surface area (Å²) in [5.41, 5.74) is -0.732. The minimum atomic E-state index is -1.34. The summed E-state index contributed by atoms with van der Waals surface area (Å²) in [5.74, 6) is -4.56. The van der Waals surface area contributed by atoms with Gasteiger partial charge in [-0.3, -0.25) is 24.0 Å². The number of hydrogen-bond acceptors (Lipinski definition) is 9.